The fraction of sp³-hybridized carbons (Fsp3) is 0.833. The van der Waals surface area contributed by atoms with E-state index in [1.807, 2.05) is 0 Å². The van der Waals surface area contributed by atoms with Gasteiger partial charge in [-0.2, -0.15) is 0 Å². The number of carbonyl (C=O) groups is 5. The Morgan fingerprint density at radius 2 is 1.28 bits per heavy atom. The van der Waals surface area contributed by atoms with Crippen LogP contribution in [-0.4, -0.2) is 120 Å². The minimum absolute atomic E-state index is 0.361. The molecule has 0 amide bonds. The first-order valence-corrected chi connectivity index (χ1v) is 15.4. The zero-order valence-electron chi connectivity index (χ0n) is 27.5. The lowest BCUT2D eigenvalue weighted by Gasteiger charge is -2.46. The average Bonchev–Trinajstić information content (AvgIpc) is 3.27. The van der Waals surface area contributed by atoms with Crippen LogP contribution in [0.4, 0.5) is 0 Å². The second kappa shape index (κ2) is 17.3. The van der Waals surface area contributed by atoms with Crippen LogP contribution >= 0.6 is 0 Å². The number of hydrogen-bond donors (Lipinski definition) is 3. The molecule has 0 saturated carbocycles. The maximum Gasteiger partial charge on any atom is 0.309 e. The molecule has 2 aliphatic heterocycles. The van der Waals surface area contributed by atoms with Crippen LogP contribution in [0.15, 0.2) is 0 Å². The Kier molecular flexibility index (Phi) is 14.8. The summed E-state index contributed by atoms with van der Waals surface area (Å²) in [7, 11) is 0. The lowest BCUT2D eigenvalue weighted by atomic mass is 9.96. The van der Waals surface area contributed by atoms with E-state index in [0.717, 1.165) is 13.8 Å². The van der Waals surface area contributed by atoms with Crippen molar-refractivity contribution < 1.29 is 77.2 Å². The lowest BCUT2D eigenvalue weighted by molar-refractivity contribution is -0.384. The van der Waals surface area contributed by atoms with Crippen LogP contribution in [0.3, 0.4) is 0 Å². The van der Waals surface area contributed by atoms with Gasteiger partial charge in [-0.1, -0.05) is 41.5 Å². The Morgan fingerprint density at radius 1 is 0.739 bits per heavy atom. The standard InChI is InChI=1S/C30H48O16/c1-9-15(5)27(37)42-21-20(12-39-17(7)33)41-29(24(44-26(36)14(3)4)23(21)43-28(38)16(6)10-2)46-30(13-32)25(35)22(40-18(8)34)19(11-31)45-30/h14-16,19-25,29,31-32,35H,9-13H2,1-8H3/t15?,16?,19-,20-,21-,22-,23+,24-,25+,29-,30+/m1/s1. The van der Waals surface area contributed by atoms with E-state index in [-0.39, 0.29) is 0 Å². The second-order valence-corrected chi connectivity index (χ2v) is 11.8. The van der Waals surface area contributed by atoms with Crippen molar-refractivity contribution in [1.29, 1.82) is 0 Å². The normalized spacial score (nSPS) is 32.3. The molecule has 2 saturated heterocycles. The Hall–Kier alpha value is -2.89. The summed E-state index contributed by atoms with van der Waals surface area (Å²) in [4.78, 5) is 62.8. The van der Waals surface area contributed by atoms with Crippen LogP contribution in [0.25, 0.3) is 0 Å². The number of aliphatic hydroxyl groups is 3. The van der Waals surface area contributed by atoms with Crippen LogP contribution in [0.1, 0.15) is 68.2 Å². The van der Waals surface area contributed by atoms with Gasteiger partial charge in [0, 0.05) is 13.8 Å². The van der Waals surface area contributed by atoms with Gasteiger partial charge in [-0.15, -0.1) is 0 Å². The van der Waals surface area contributed by atoms with Crippen molar-refractivity contribution in [2.45, 2.75) is 123 Å². The molecule has 16 heteroatoms. The molecule has 16 nitrogen and oxygen atoms in total. The van der Waals surface area contributed by atoms with Gasteiger partial charge in [0.05, 0.1) is 24.4 Å². The van der Waals surface area contributed by atoms with E-state index in [2.05, 4.69) is 0 Å². The van der Waals surface area contributed by atoms with Crippen molar-refractivity contribution in [1.82, 2.24) is 0 Å². The first-order valence-electron chi connectivity index (χ1n) is 15.4. The summed E-state index contributed by atoms with van der Waals surface area (Å²) in [5.74, 6) is -8.27. The molecule has 2 fully saturated rings. The number of carbonyl (C=O) groups excluding carboxylic acids is 5. The van der Waals surface area contributed by atoms with E-state index in [9.17, 15) is 39.3 Å². The summed E-state index contributed by atoms with van der Waals surface area (Å²) < 4.78 is 45.3. The molecule has 3 N–H and O–H groups in total. The number of rotatable bonds is 15. The number of ether oxygens (including phenoxy) is 8. The van der Waals surface area contributed by atoms with Crippen molar-refractivity contribution in [2.24, 2.45) is 17.8 Å². The smallest absolute Gasteiger partial charge is 0.309 e. The molecule has 0 radical (unpaired) electrons. The highest BCUT2D eigenvalue weighted by atomic mass is 16.8. The van der Waals surface area contributed by atoms with E-state index in [1.54, 1.807) is 27.7 Å². The fourth-order valence-corrected chi connectivity index (χ4v) is 4.59. The summed E-state index contributed by atoms with van der Waals surface area (Å²) in [5.41, 5.74) is 0. The third-order valence-electron chi connectivity index (χ3n) is 7.80. The molecule has 0 aromatic rings. The highest BCUT2D eigenvalue weighted by Gasteiger charge is 2.62. The SMILES string of the molecule is CCC(C)C(=O)O[C@@H]1[C@@H](OC(=O)C(C)C)[C@@H](O[C@]2(CO)O[C@H](CO)[C@@H](OC(C)=O)[C@@H]2O)O[C@H](COC(C)=O)[C@H]1OC(=O)C(C)CC. The Bertz CT molecular complexity index is 1060. The van der Waals surface area contributed by atoms with E-state index < -0.39 is 122 Å². The highest BCUT2D eigenvalue weighted by Crippen LogP contribution is 2.39. The van der Waals surface area contributed by atoms with E-state index in [1.165, 1.54) is 13.8 Å². The maximum absolute atomic E-state index is 13.2. The molecule has 2 unspecified atom stereocenters. The van der Waals surface area contributed by atoms with E-state index >= 15 is 0 Å². The zero-order valence-corrected chi connectivity index (χ0v) is 27.5. The summed E-state index contributed by atoms with van der Waals surface area (Å²) in [6.07, 6.45) is -12.1. The third-order valence-corrected chi connectivity index (χ3v) is 7.80. The molecule has 264 valence electrons. The van der Waals surface area contributed by atoms with Gasteiger partial charge in [-0.3, -0.25) is 24.0 Å². The van der Waals surface area contributed by atoms with Crippen LogP contribution in [0, 0.1) is 17.8 Å². The molecule has 0 aromatic carbocycles. The second-order valence-electron chi connectivity index (χ2n) is 11.8. The first-order chi connectivity index (χ1) is 21.5. The Balaban J connectivity index is 2.71. The molecule has 0 spiro atoms. The van der Waals surface area contributed by atoms with Crippen LogP contribution in [-0.2, 0) is 61.9 Å². The van der Waals surface area contributed by atoms with Gasteiger partial charge in [0.15, 0.2) is 24.4 Å². The molecule has 0 aromatic heterocycles. The molecular formula is C30H48O16. The number of hydrogen-bond acceptors (Lipinski definition) is 16. The summed E-state index contributed by atoms with van der Waals surface area (Å²) in [6, 6.07) is 0. The molecule has 0 aliphatic carbocycles. The van der Waals surface area contributed by atoms with Crippen LogP contribution in [0.2, 0.25) is 0 Å². The summed E-state index contributed by atoms with van der Waals surface area (Å²) in [6.45, 7) is 9.51. The summed E-state index contributed by atoms with van der Waals surface area (Å²) in [5, 5.41) is 31.5. The highest BCUT2D eigenvalue weighted by molar-refractivity contribution is 5.74. The fourth-order valence-electron chi connectivity index (χ4n) is 4.59. The summed E-state index contributed by atoms with van der Waals surface area (Å²) >= 11 is 0. The Labute approximate surface area is 267 Å². The van der Waals surface area contributed by atoms with Gasteiger partial charge in [-0.05, 0) is 12.8 Å². The van der Waals surface area contributed by atoms with Gasteiger partial charge >= 0.3 is 29.8 Å². The minimum atomic E-state index is -2.45. The Morgan fingerprint density at radius 3 is 1.74 bits per heavy atom. The predicted molar refractivity (Wildman–Crippen MR) is 153 cm³/mol. The van der Waals surface area contributed by atoms with Crippen molar-refractivity contribution in [3.05, 3.63) is 0 Å². The largest absolute Gasteiger partial charge is 0.463 e. The minimum Gasteiger partial charge on any atom is -0.463 e. The lowest BCUT2D eigenvalue weighted by Crippen LogP contribution is -2.66. The third kappa shape index (κ3) is 9.58. The average molecular weight is 665 g/mol. The van der Waals surface area contributed by atoms with Crippen molar-refractivity contribution in [3.63, 3.8) is 0 Å². The van der Waals surface area contributed by atoms with Crippen LogP contribution in [0.5, 0.6) is 0 Å². The van der Waals surface area contributed by atoms with Crippen molar-refractivity contribution in [3.8, 4) is 0 Å². The van der Waals surface area contributed by atoms with Crippen molar-refractivity contribution in [2.75, 3.05) is 19.8 Å². The molecule has 0 bridgehead atoms. The quantitative estimate of drug-likeness (QED) is 0.157. The van der Waals surface area contributed by atoms with E-state index in [0.29, 0.717) is 12.8 Å². The number of aliphatic hydroxyl groups excluding tert-OH is 3. The van der Waals surface area contributed by atoms with Gasteiger partial charge < -0.3 is 53.2 Å². The van der Waals surface area contributed by atoms with Gasteiger partial charge in [0.25, 0.3) is 0 Å². The molecule has 46 heavy (non-hydrogen) atoms. The molecule has 2 heterocycles. The molecule has 2 rings (SSSR count). The first kappa shape index (κ1) is 39.3. The zero-order chi connectivity index (χ0) is 34.9. The van der Waals surface area contributed by atoms with E-state index in [4.69, 9.17) is 37.9 Å². The maximum atomic E-state index is 13.2. The number of esters is 5. The topological polar surface area (TPSA) is 220 Å². The molecule has 11 atom stereocenters. The predicted octanol–water partition coefficient (Wildman–Crippen LogP) is 0.147. The van der Waals surface area contributed by atoms with Crippen molar-refractivity contribution >= 4 is 29.8 Å². The van der Waals surface area contributed by atoms with Gasteiger partial charge in [0.2, 0.25) is 12.1 Å². The van der Waals surface area contributed by atoms with Crippen LogP contribution < -0.4 is 0 Å². The monoisotopic (exact) mass is 664 g/mol. The van der Waals surface area contributed by atoms with Gasteiger partial charge in [0.1, 0.15) is 31.5 Å². The molecule has 2 aliphatic rings. The molecular weight excluding hydrogens is 616 g/mol. The van der Waals surface area contributed by atoms with Gasteiger partial charge in [-0.25, -0.2) is 0 Å².